The van der Waals surface area contributed by atoms with Crippen molar-refractivity contribution in [2.45, 2.75) is 24.9 Å². The molecule has 0 aliphatic heterocycles. The summed E-state index contributed by atoms with van der Waals surface area (Å²) >= 11 is 0. The van der Waals surface area contributed by atoms with Crippen molar-refractivity contribution in [1.82, 2.24) is 4.98 Å². The number of rotatable bonds is 8. The second kappa shape index (κ2) is 10.0. The smallest absolute Gasteiger partial charge is 0.143 e. The van der Waals surface area contributed by atoms with Crippen molar-refractivity contribution in [1.29, 1.82) is 0 Å². The predicted octanol–water partition coefficient (Wildman–Crippen LogP) is 7.74. The molecule has 2 heteroatoms. The summed E-state index contributed by atoms with van der Waals surface area (Å²) < 4.78 is 7.12. The van der Waals surface area contributed by atoms with Gasteiger partial charge in [-0.25, -0.2) is 0 Å². The van der Waals surface area contributed by atoms with E-state index in [4.69, 9.17) is 4.74 Å². The molecule has 0 fully saturated rings. The fraction of sp³-hybridized carbons (Fsp3) is 0.156. The molecule has 1 aromatic heterocycles. The molecule has 0 radical (unpaired) electrons. The fourth-order valence-electron chi connectivity index (χ4n) is 4.90. The summed E-state index contributed by atoms with van der Waals surface area (Å²) in [5.41, 5.74) is 4.99. The third kappa shape index (κ3) is 4.13. The van der Waals surface area contributed by atoms with Crippen molar-refractivity contribution in [3.63, 3.8) is 0 Å². The number of ether oxygens (including phenoxy) is 1. The van der Waals surface area contributed by atoms with Gasteiger partial charge in [0.05, 0.1) is 12.1 Å². The molecular formula is C32H29NO. The average molecular weight is 444 g/mol. The highest BCUT2D eigenvalue weighted by atomic mass is 16.5. The monoisotopic (exact) mass is 443 g/mol. The maximum absolute atomic E-state index is 7.12. The number of pyridine rings is 1. The molecule has 0 N–H and O–H groups in total. The molecule has 0 saturated carbocycles. The Labute approximate surface area is 201 Å². The first-order valence-corrected chi connectivity index (χ1v) is 12.0. The van der Waals surface area contributed by atoms with Gasteiger partial charge in [-0.15, -0.1) is 0 Å². The maximum Gasteiger partial charge on any atom is 0.143 e. The van der Waals surface area contributed by atoms with E-state index in [1.54, 1.807) is 0 Å². The lowest BCUT2D eigenvalue weighted by Crippen LogP contribution is -2.34. The summed E-state index contributed by atoms with van der Waals surface area (Å²) in [4.78, 5) is 4.57. The Hall–Kier alpha value is -3.75. The van der Waals surface area contributed by atoms with E-state index in [0.29, 0.717) is 6.61 Å². The van der Waals surface area contributed by atoms with Gasteiger partial charge in [0.1, 0.15) is 5.60 Å². The Balaban J connectivity index is 1.62. The molecular weight excluding hydrogens is 414 g/mol. The SMILES string of the molecule is CC[C@H](COC(c1ccccc1)(c1ccccc1)c1ccccc1)c1ccnc2ccccc12. The first-order valence-electron chi connectivity index (χ1n) is 12.0. The molecule has 0 spiro atoms. The van der Waals surface area contributed by atoms with E-state index in [2.05, 4.69) is 127 Å². The van der Waals surface area contributed by atoms with E-state index in [1.165, 1.54) is 10.9 Å². The maximum atomic E-state index is 7.12. The van der Waals surface area contributed by atoms with Crippen LogP contribution in [-0.2, 0) is 10.3 Å². The minimum atomic E-state index is -0.708. The third-order valence-corrected chi connectivity index (χ3v) is 6.66. The van der Waals surface area contributed by atoms with Crippen molar-refractivity contribution in [3.8, 4) is 0 Å². The van der Waals surface area contributed by atoms with E-state index in [-0.39, 0.29) is 5.92 Å². The number of aromatic nitrogens is 1. The third-order valence-electron chi connectivity index (χ3n) is 6.66. The lowest BCUT2D eigenvalue weighted by atomic mass is 9.80. The van der Waals surface area contributed by atoms with E-state index < -0.39 is 5.60 Å². The van der Waals surface area contributed by atoms with E-state index >= 15 is 0 Å². The molecule has 34 heavy (non-hydrogen) atoms. The molecule has 5 rings (SSSR count). The van der Waals surface area contributed by atoms with Crippen LogP contribution in [0.3, 0.4) is 0 Å². The Bertz CT molecular complexity index is 1230. The van der Waals surface area contributed by atoms with Gasteiger partial charge in [-0.2, -0.15) is 0 Å². The lowest BCUT2D eigenvalue weighted by Gasteiger charge is -2.37. The minimum Gasteiger partial charge on any atom is -0.360 e. The van der Waals surface area contributed by atoms with Gasteiger partial charge in [-0.05, 0) is 40.8 Å². The topological polar surface area (TPSA) is 22.1 Å². The van der Waals surface area contributed by atoms with Gasteiger partial charge < -0.3 is 4.74 Å². The summed E-state index contributed by atoms with van der Waals surface area (Å²) in [6, 6.07) is 42.3. The van der Waals surface area contributed by atoms with Gasteiger partial charge >= 0.3 is 0 Å². The van der Waals surface area contributed by atoms with Crippen LogP contribution in [0.2, 0.25) is 0 Å². The van der Waals surface area contributed by atoms with Crippen LogP contribution in [0, 0.1) is 0 Å². The van der Waals surface area contributed by atoms with Crippen molar-refractivity contribution >= 4 is 10.9 Å². The summed E-state index contributed by atoms with van der Waals surface area (Å²) in [6.45, 7) is 2.82. The van der Waals surface area contributed by atoms with Gasteiger partial charge in [0.25, 0.3) is 0 Å². The second-order valence-corrected chi connectivity index (χ2v) is 8.61. The zero-order valence-corrected chi connectivity index (χ0v) is 19.5. The molecule has 0 aliphatic carbocycles. The molecule has 0 saturated heterocycles. The van der Waals surface area contributed by atoms with Crippen molar-refractivity contribution in [3.05, 3.63) is 150 Å². The highest BCUT2D eigenvalue weighted by Gasteiger charge is 2.38. The molecule has 0 unspecified atom stereocenters. The predicted molar refractivity (Wildman–Crippen MR) is 140 cm³/mol. The van der Waals surface area contributed by atoms with E-state index in [1.807, 2.05) is 12.3 Å². The zero-order valence-electron chi connectivity index (χ0n) is 19.5. The van der Waals surface area contributed by atoms with Gasteiger partial charge in [0, 0.05) is 17.5 Å². The number of fused-ring (bicyclic) bond motifs is 1. The average Bonchev–Trinajstić information content (AvgIpc) is 2.93. The van der Waals surface area contributed by atoms with Crippen LogP contribution in [0.1, 0.15) is 41.5 Å². The van der Waals surface area contributed by atoms with Crippen LogP contribution in [0.5, 0.6) is 0 Å². The number of benzene rings is 4. The van der Waals surface area contributed by atoms with Crippen molar-refractivity contribution in [2.24, 2.45) is 0 Å². The van der Waals surface area contributed by atoms with Crippen molar-refractivity contribution in [2.75, 3.05) is 6.61 Å². The molecule has 168 valence electrons. The van der Waals surface area contributed by atoms with Crippen LogP contribution in [0.25, 0.3) is 10.9 Å². The van der Waals surface area contributed by atoms with E-state index in [9.17, 15) is 0 Å². The molecule has 1 heterocycles. The first kappa shape index (κ1) is 22.1. The summed E-state index contributed by atoms with van der Waals surface area (Å²) in [6.07, 6.45) is 2.89. The first-order chi connectivity index (χ1) is 16.8. The van der Waals surface area contributed by atoms with Crippen molar-refractivity contribution < 1.29 is 4.74 Å². The number of para-hydroxylation sites is 1. The standard InChI is InChI=1S/C32H29NO/c1-2-25(29-22-23-33-31-21-13-12-20-30(29)31)24-34-32(26-14-6-3-7-15-26,27-16-8-4-9-17-27)28-18-10-5-11-19-28/h3-23,25H,2,24H2,1H3/t25-/m1/s1. The Morgan fingerprint density at radius 1 is 0.647 bits per heavy atom. The molecule has 1 atom stereocenters. The molecule has 0 bridgehead atoms. The Kier molecular flexibility index (Phi) is 6.51. The van der Waals surface area contributed by atoms with Crippen LogP contribution < -0.4 is 0 Å². The highest BCUT2D eigenvalue weighted by molar-refractivity contribution is 5.82. The normalized spacial score (nSPS) is 12.5. The summed E-state index contributed by atoms with van der Waals surface area (Å²) in [5.74, 6) is 0.239. The van der Waals surface area contributed by atoms with Gasteiger partial charge in [-0.1, -0.05) is 116 Å². The van der Waals surface area contributed by atoms with Crippen LogP contribution in [-0.4, -0.2) is 11.6 Å². The van der Waals surface area contributed by atoms with Crippen LogP contribution in [0.15, 0.2) is 128 Å². The van der Waals surface area contributed by atoms with Gasteiger partial charge in [0.15, 0.2) is 0 Å². The molecule has 0 amide bonds. The molecule has 0 aliphatic rings. The quantitative estimate of drug-likeness (QED) is 0.229. The number of hydrogen-bond acceptors (Lipinski definition) is 2. The second-order valence-electron chi connectivity index (χ2n) is 8.61. The molecule has 2 nitrogen and oxygen atoms in total. The Morgan fingerprint density at radius 2 is 1.15 bits per heavy atom. The van der Waals surface area contributed by atoms with Crippen LogP contribution in [0.4, 0.5) is 0 Å². The van der Waals surface area contributed by atoms with Gasteiger partial charge in [0.2, 0.25) is 0 Å². The zero-order chi connectivity index (χ0) is 23.2. The van der Waals surface area contributed by atoms with E-state index in [0.717, 1.165) is 28.6 Å². The summed E-state index contributed by atoms with van der Waals surface area (Å²) in [7, 11) is 0. The number of nitrogens with zero attached hydrogens (tertiary/aromatic N) is 1. The Morgan fingerprint density at radius 3 is 1.68 bits per heavy atom. The lowest BCUT2D eigenvalue weighted by molar-refractivity contribution is 0.00375. The molecule has 4 aromatic carbocycles. The molecule has 5 aromatic rings. The van der Waals surface area contributed by atoms with Crippen LogP contribution >= 0.6 is 0 Å². The highest BCUT2D eigenvalue weighted by Crippen LogP contribution is 2.42. The minimum absolute atomic E-state index is 0.239. The largest absolute Gasteiger partial charge is 0.360 e. The summed E-state index contributed by atoms with van der Waals surface area (Å²) in [5, 5.41) is 1.20. The fourth-order valence-corrected chi connectivity index (χ4v) is 4.90. The van der Waals surface area contributed by atoms with Gasteiger partial charge in [-0.3, -0.25) is 4.98 Å². The number of hydrogen-bond donors (Lipinski definition) is 0.